The third-order valence-corrected chi connectivity index (χ3v) is 0.297. The van der Waals surface area contributed by atoms with Gasteiger partial charge in [-0.2, -0.15) is 10.4 Å². The summed E-state index contributed by atoms with van der Waals surface area (Å²) in [4.78, 5) is 9.76. The van der Waals surface area contributed by atoms with Crippen LogP contribution in [0.4, 0.5) is 4.79 Å². The molecule has 42 valence electrons. The lowest BCUT2D eigenvalue weighted by Crippen LogP contribution is -2.24. The van der Waals surface area contributed by atoms with E-state index in [0.717, 1.165) is 6.21 Å². The molecule has 5 nitrogen and oxygen atoms in total. The third kappa shape index (κ3) is 4.43. The Labute approximate surface area is 45.8 Å². The predicted molar refractivity (Wildman–Crippen MR) is 26.8 cm³/mol. The number of nitrogens with zero attached hydrogens (tertiary/aromatic N) is 2. The summed E-state index contributed by atoms with van der Waals surface area (Å²) in [5.74, 6) is 0. The molecule has 0 saturated heterocycles. The highest BCUT2D eigenvalue weighted by Crippen LogP contribution is 1.53. The van der Waals surface area contributed by atoms with Gasteiger partial charge in [-0.25, -0.2) is 10.2 Å². The molecule has 0 aromatic heterocycles. The van der Waals surface area contributed by atoms with Crippen LogP contribution < -0.4 is 11.2 Å². The molecular formula is C3H4N4O. The second-order valence-electron chi connectivity index (χ2n) is 0.863. The molecule has 0 saturated carbocycles. The number of rotatable bonds is 1. The van der Waals surface area contributed by atoms with Gasteiger partial charge in [0.2, 0.25) is 0 Å². The van der Waals surface area contributed by atoms with E-state index in [2.05, 4.69) is 10.8 Å². The van der Waals surface area contributed by atoms with Crippen LogP contribution in [0, 0.1) is 11.3 Å². The zero-order chi connectivity index (χ0) is 6.41. The number of nitrogens with two attached hydrogens (primary N) is 1. The lowest BCUT2D eigenvalue weighted by Gasteiger charge is -1.84. The minimum Gasteiger partial charge on any atom is -0.350 e. The Balaban J connectivity index is 3.34. The summed E-state index contributed by atoms with van der Waals surface area (Å²) in [5, 5.41) is 10.9. The number of amides is 2. The fourth-order valence-electron chi connectivity index (χ4n) is 0.125. The second-order valence-corrected chi connectivity index (χ2v) is 0.863. The van der Waals surface area contributed by atoms with Crippen LogP contribution in [0.2, 0.25) is 0 Å². The van der Waals surface area contributed by atoms with Gasteiger partial charge in [0.25, 0.3) is 0 Å². The van der Waals surface area contributed by atoms with E-state index < -0.39 is 6.03 Å². The van der Waals surface area contributed by atoms with Crippen molar-refractivity contribution < 1.29 is 4.79 Å². The minimum atomic E-state index is -0.781. The lowest BCUT2D eigenvalue weighted by molar-refractivity contribution is 0.249. The molecule has 0 atom stereocenters. The van der Waals surface area contributed by atoms with Gasteiger partial charge in [-0.1, -0.05) is 0 Å². The molecule has 0 heterocycles. The van der Waals surface area contributed by atoms with Crippen LogP contribution in [0.15, 0.2) is 5.10 Å². The SMILES string of the molecule is N#C/C=N/NC(N)=O. The first-order valence-corrected chi connectivity index (χ1v) is 1.74. The quantitative estimate of drug-likeness (QED) is 0.342. The van der Waals surface area contributed by atoms with Crippen LogP contribution >= 0.6 is 0 Å². The summed E-state index contributed by atoms with van der Waals surface area (Å²) in [5.41, 5.74) is 6.39. The Kier molecular flexibility index (Phi) is 2.90. The van der Waals surface area contributed by atoms with E-state index in [0.29, 0.717) is 0 Å². The molecule has 0 aliphatic heterocycles. The van der Waals surface area contributed by atoms with Crippen molar-refractivity contribution in [2.75, 3.05) is 0 Å². The third-order valence-electron chi connectivity index (χ3n) is 0.297. The first-order valence-electron chi connectivity index (χ1n) is 1.74. The molecule has 0 spiro atoms. The van der Waals surface area contributed by atoms with Gasteiger partial charge < -0.3 is 5.73 Å². The number of hydrogen-bond donors (Lipinski definition) is 2. The van der Waals surface area contributed by atoms with Crippen LogP contribution in [0.5, 0.6) is 0 Å². The van der Waals surface area contributed by atoms with Gasteiger partial charge in [0.1, 0.15) is 12.3 Å². The molecule has 5 heteroatoms. The van der Waals surface area contributed by atoms with Crippen molar-refractivity contribution in [2.45, 2.75) is 0 Å². The fraction of sp³-hybridized carbons (Fsp3) is 0. The Morgan fingerprint density at radius 3 is 3.00 bits per heavy atom. The van der Waals surface area contributed by atoms with Gasteiger partial charge in [-0.15, -0.1) is 0 Å². The number of nitriles is 1. The zero-order valence-electron chi connectivity index (χ0n) is 3.96. The summed E-state index contributed by atoms with van der Waals surface area (Å²) < 4.78 is 0. The zero-order valence-corrected chi connectivity index (χ0v) is 3.96. The maximum atomic E-state index is 9.76. The van der Waals surface area contributed by atoms with E-state index in [1.165, 1.54) is 0 Å². The van der Waals surface area contributed by atoms with Crippen molar-refractivity contribution in [1.82, 2.24) is 5.43 Å². The number of primary amides is 1. The van der Waals surface area contributed by atoms with Gasteiger partial charge in [0.15, 0.2) is 0 Å². The van der Waals surface area contributed by atoms with Crippen molar-refractivity contribution in [3.05, 3.63) is 0 Å². The van der Waals surface area contributed by atoms with Crippen LogP contribution in [0.1, 0.15) is 0 Å². The average Bonchev–Trinajstić information content (AvgIpc) is 1.66. The molecule has 0 aromatic carbocycles. The number of nitrogens with one attached hydrogen (secondary N) is 1. The predicted octanol–water partition coefficient (Wildman–Crippen LogP) is -0.836. The minimum absolute atomic E-state index is 0.781. The van der Waals surface area contributed by atoms with Crippen molar-refractivity contribution in [2.24, 2.45) is 10.8 Å². The summed E-state index contributed by atoms with van der Waals surface area (Å²) in [6.07, 6.45) is 0.866. The molecule has 3 N–H and O–H groups in total. The summed E-state index contributed by atoms with van der Waals surface area (Å²) in [6, 6.07) is 0.780. The molecule has 0 fully saturated rings. The molecule has 0 aliphatic rings. The van der Waals surface area contributed by atoms with Gasteiger partial charge >= 0.3 is 6.03 Å². The molecule has 0 rings (SSSR count). The van der Waals surface area contributed by atoms with Crippen molar-refractivity contribution in [3.63, 3.8) is 0 Å². The molecule has 0 aromatic rings. The molecule has 0 unspecified atom stereocenters. The molecule has 2 amide bonds. The Morgan fingerprint density at radius 1 is 2.00 bits per heavy atom. The van der Waals surface area contributed by atoms with Gasteiger partial charge in [-0.3, -0.25) is 0 Å². The monoisotopic (exact) mass is 112 g/mol. The van der Waals surface area contributed by atoms with E-state index in [1.807, 2.05) is 5.43 Å². The molecule has 8 heavy (non-hydrogen) atoms. The van der Waals surface area contributed by atoms with E-state index in [4.69, 9.17) is 5.26 Å². The Bertz CT molecular complexity index is 144. The molecule has 0 radical (unpaired) electrons. The van der Waals surface area contributed by atoms with Crippen molar-refractivity contribution in [1.29, 1.82) is 5.26 Å². The van der Waals surface area contributed by atoms with Crippen molar-refractivity contribution in [3.8, 4) is 6.07 Å². The van der Waals surface area contributed by atoms with Crippen molar-refractivity contribution >= 4 is 12.2 Å². The summed E-state index contributed by atoms with van der Waals surface area (Å²) in [7, 11) is 0. The maximum absolute atomic E-state index is 9.76. The highest BCUT2D eigenvalue weighted by molar-refractivity contribution is 5.78. The van der Waals surface area contributed by atoms with Gasteiger partial charge in [-0.05, 0) is 0 Å². The molecule has 0 aliphatic carbocycles. The van der Waals surface area contributed by atoms with E-state index in [9.17, 15) is 4.79 Å². The Hall–Kier alpha value is -1.57. The first kappa shape index (κ1) is 6.43. The van der Waals surface area contributed by atoms with Crippen LogP contribution in [0.3, 0.4) is 0 Å². The topological polar surface area (TPSA) is 91.3 Å². The Morgan fingerprint density at radius 2 is 2.62 bits per heavy atom. The van der Waals surface area contributed by atoms with Crippen LogP contribution in [-0.2, 0) is 0 Å². The first-order chi connectivity index (χ1) is 3.77. The van der Waals surface area contributed by atoms with Crippen LogP contribution in [0.25, 0.3) is 0 Å². The highest BCUT2D eigenvalue weighted by Gasteiger charge is 1.80. The highest BCUT2D eigenvalue weighted by atomic mass is 16.2. The van der Waals surface area contributed by atoms with E-state index in [1.54, 1.807) is 6.07 Å². The molecular weight excluding hydrogens is 108 g/mol. The van der Waals surface area contributed by atoms with Crippen LogP contribution in [-0.4, -0.2) is 12.2 Å². The smallest absolute Gasteiger partial charge is 0.332 e. The fourth-order valence-corrected chi connectivity index (χ4v) is 0.125. The standard InChI is InChI=1S/C3H4N4O/c4-1-2-6-7-3(5)8/h2H,(H3,5,7,8)/b6-2+. The maximum Gasteiger partial charge on any atom is 0.332 e. The molecule has 0 bridgehead atoms. The number of carbonyl (C=O) groups is 1. The largest absolute Gasteiger partial charge is 0.350 e. The summed E-state index contributed by atoms with van der Waals surface area (Å²) in [6.45, 7) is 0. The van der Waals surface area contributed by atoms with E-state index in [-0.39, 0.29) is 0 Å². The van der Waals surface area contributed by atoms with Gasteiger partial charge in [0.05, 0.1) is 0 Å². The number of hydrazone groups is 1. The normalized spacial score (nSPS) is 8.38. The lowest BCUT2D eigenvalue weighted by atomic mass is 10.9. The average molecular weight is 112 g/mol. The second kappa shape index (κ2) is 3.61. The van der Waals surface area contributed by atoms with E-state index >= 15 is 0 Å². The number of urea groups is 1. The number of hydrogen-bond acceptors (Lipinski definition) is 3. The summed E-state index contributed by atoms with van der Waals surface area (Å²) >= 11 is 0. The van der Waals surface area contributed by atoms with Gasteiger partial charge in [0, 0.05) is 0 Å². The number of carbonyl (C=O) groups excluding carboxylic acids is 1.